The molecule has 6 heteroatoms. The Balaban J connectivity index is 2.76. The van der Waals surface area contributed by atoms with E-state index in [4.69, 9.17) is 16.7 Å². The van der Waals surface area contributed by atoms with Crippen LogP contribution < -0.4 is 0 Å². The van der Waals surface area contributed by atoms with E-state index in [-0.39, 0.29) is 5.75 Å². The van der Waals surface area contributed by atoms with E-state index in [0.29, 0.717) is 10.8 Å². The van der Waals surface area contributed by atoms with Crippen LogP contribution in [0.25, 0.3) is 0 Å². The average molecular weight is 263 g/mol. The molecule has 0 atom stereocenters. The van der Waals surface area contributed by atoms with E-state index < -0.39 is 5.97 Å². The Labute approximate surface area is 104 Å². The molecular weight excluding hydrogens is 248 g/mol. The summed E-state index contributed by atoms with van der Waals surface area (Å²) in [5.74, 6) is -0.127. The second-order valence-electron chi connectivity index (χ2n) is 3.26. The number of rotatable bonds is 6. The Morgan fingerprint density at radius 1 is 1.56 bits per heavy atom. The molecule has 4 nitrogen and oxygen atoms in total. The third-order valence-electron chi connectivity index (χ3n) is 2.16. The molecule has 0 saturated carbocycles. The lowest BCUT2D eigenvalue weighted by Crippen LogP contribution is -2.04. The number of hydrogen-bond donors (Lipinski definition) is 1. The third-order valence-corrected chi connectivity index (χ3v) is 3.52. The maximum Gasteiger partial charge on any atom is 0.313 e. The molecule has 16 heavy (non-hydrogen) atoms. The number of aromatic nitrogens is 2. The number of carbonyl (C=O) groups is 1. The fourth-order valence-electron chi connectivity index (χ4n) is 1.39. The summed E-state index contributed by atoms with van der Waals surface area (Å²) in [5.41, 5.74) is 1.81. The van der Waals surface area contributed by atoms with Crippen LogP contribution in [0.5, 0.6) is 0 Å². The lowest BCUT2D eigenvalue weighted by molar-refractivity contribution is -0.133. The fraction of sp³-hybridized carbons (Fsp3) is 0.600. The highest BCUT2D eigenvalue weighted by atomic mass is 35.5. The standard InChI is InChI=1S/C10H15ClN2O2S/c1-3-7-10(11)8(13(4-2)12-7)5-16-6-9(14)15/h3-6H2,1-2H3,(H,14,15). The van der Waals surface area contributed by atoms with Crippen molar-refractivity contribution in [2.75, 3.05) is 5.75 Å². The zero-order valence-corrected chi connectivity index (χ0v) is 10.9. The second-order valence-corrected chi connectivity index (χ2v) is 4.63. The second kappa shape index (κ2) is 6.15. The smallest absolute Gasteiger partial charge is 0.313 e. The lowest BCUT2D eigenvalue weighted by Gasteiger charge is -2.03. The highest BCUT2D eigenvalue weighted by Crippen LogP contribution is 2.25. The number of aliphatic carboxylic acids is 1. The summed E-state index contributed by atoms with van der Waals surface area (Å²) in [7, 11) is 0. The van der Waals surface area contributed by atoms with Gasteiger partial charge in [0.1, 0.15) is 0 Å². The Kier molecular flexibility index (Phi) is 5.15. The zero-order valence-electron chi connectivity index (χ0n) is 9.36. The van der Waals surface area contributed by atoms with Gasteiger partial charge in [0, 0.05) is 12.3 Å². The molecule has 1 heterocycles. The number of thioether (sulfide) groups is 1. The van der Waals surface area contributed by atoms with Crippen LogP contribution in [0.2, 0.25) is 5.02 Å². The predicted molar refractivity (Wildman–Crippen MR) is 66.1 cm³/mol. The summed E-state index contributed by atoms with van der Waals surface area (Å²) in [6.07, 6.45) is 0.794. The van der Waals surface area contributed by atoms with Gasteiger partial charge in [-0.25, -0.2) is 0 Å². The molecule has 0 radical (unpaired) electrons. The predicted octanol–water partition coefficient (Wildman–Crippen LogP) is 2.44. The molecule has 0 saturated heterocycles. The largest absolute Gasteiger partial charge is 0.481 e. The quantitative estimate of drug-likeness (QED) is 0.856. The van der Waals surface area contributed by atoms with Gasteiger partial charge in [-0.2, -0.15) is 5.10 Å². The Morgan fingerprint density at radius 3 is 2.75 bits per heavy atom. The molecule has 0 spiro atoms. The van der Waals surface area contributed by atoms with E-state index >= 15 is 0 Å². The van der Waals surface area contributed by atoms with Crippen LogP contribution in [0.1, 0.15) is 25.2 Å². The van der Waals surface area contributed by atoms with Gasteiger partial charge in [0.15, 0.2) is 0 Å². The molecule has 0 fully saturated rings. The fourth-order valence-corrected chi connectivity index (χ4v) is 2.57. The highest BCUT2D eigenvalue weighted by Gasteiger charge is 2.14. The molecule has 1 aromatic heterocycles. The van der Waals surface area contributed by atoms with Crippen LogP contribution in [0.3, 0.4) is 0 Å². The average Bonchev–Trinajstić information content (AvgIpc) is 2.55. The van der Waals surface area contributed by atoms with Crippen molar-refractivity contribution < 1.29 is 9.90 Å². The molecular formula is C10H15ClN2O2S. The summed E-state index contributed by atoms with van der Waals surface area (Å²) in [6, 6.07) is 0. The van der Waals surface area contributed by atoms with Crippen molar-refractivity contribution in [1.82, 2.24) is 9.78 Å². The van der Waals surface area contributed by atoms with Crippen molar-refractivity contribution in [2.24, 2.45) is 0 Å². The number of aryl methyl sites for hydroxylation is 2. The van der Waals surface area contributed by atoms with Gasteiger partial charge in [-0.3, -0.25) is 9.48 Å². The van der Waals surface area contributed by atoms with Crippen molar-refractivity contribution in [3.63, 3.8) is 0 Å². The number of nitrogens with zero attached hydrogens (tertiary/aromatic N) is 2. The lowest BCUT2D eigenvalue weighted by atomic mass is 10.3. The summed E-state index contributed by atoms with van der Waals surface area (Å²) in [4.78, 5) is 10.4. The topological polar surface area (TPSA) is 55.1 Å². The minimum Gasteiger partial charge on any atom is -0.481 e. The van der Waals surface area contributed by atoms with E-state index in [9.17, 15) is 4.79 Å². The molecule has 0 aliphatic heterocycles. The molecule has 0 bridgehead atoms. The summed E-state index contributed by atoms with van der Waals surface area (Å²) >= 11 is 7.52. The molecule has 1 rings (SSSR count). The van der Waals surface area contributed by atoms with Crippen molar-refractivity contribution in [1.29, 1.82) is 0 Å². The van der Waals surface area contributed by atoms with Gasteiger partial charge in [0.2, 0.25) is 0 Å². The van der Waals surface area contributed by atoms with E-state index in [2.05, 4.69) is 5.10 Å². The van der Waals surface area contributed by atoms with Gasteiger partial charge < -0.3 is 5.11 Å². The van der Waals surface area contributed by atoms with Crippen LogP contribution in [0.4, 0.5) is 0 Å². The molecule has 90 valence electrons. The van der Waals surface area contributed by atoms with Crippen LogP contribution in [-0.2, 0) is 23.5 Å². The zero-order chi connectivity index (χ0) is 12.1. The van der Waals surface area contributed by atoms with Gasteiger partial charge in [-0.1, -0.05) is 18.5 Å². The monoisotopic (exact) mass is 262 g/mol. The van der Waals surface area contributed by atoms with Crippen LogP contribution in [0.15, 0.2) is 0 Å². The third kappa shape index (κ3) is 3.15. The van der Waals surface area contributed by atoms with Gasteiger partial charge in [-0.15, -0.1) is 11.8 Å². The molecule has 1 aromatic rings. The Bertz CT molecular complexity index is 379. The van der Waals surface area contributed by atoms with Gasteiger partial charge in [-0.05, 0) is 13.3 Å². The summed E-state index contributed by atoms with van der Waals surface area (Å²) in [5, 5.41) is 13.6. The molecule has 0 unspecified atom stereocenters. The van der Waals surface area contributed by atoms with E-state index in [1.54, 1.807) is 0 Å². The van der Waals surface area contributed by atoms with Crippen molar-refractivity contribution in [2.45, 2.75) is 32.6 Å². The van der Waals surface area contributed by atoms with Crippen LogP contribution in [-0.4, -0.2) is 26.6 Å². The highest BCUT2D eigenvalue weighted by molar-refractivity contribution is 7.99. The van der Waals surface area contributed by atoms with Gasteiger partial charge in [0.25, 0.3) is 0 Å². The normalized spacial score (nSPS) is 10.7. The van der Waals surface area contributed by atoms with E-state index in [1.807, 2.05) is 18.5 Å². The SMILES string of the molecule is CCc1nn(CC)c(CSCC(=O)O)c1Cl. The van der Waals surface area contributed by atoms with E-state index in [1.165, 1.54) is 11.8 Å². The van der Waals surface area contributed by atoms with Crippen LogP contribution >= 0.6 is 23.4 Å². The minimum absolute atomic E-state index is 0.0900. The van der Waals surface area contributed by atoms with Crippen LogP contribution in [0, 0.1) is 0 Å². The first-order chi connectivity index (χ1) is 7.60. The van der Waals surface area contributed by atoms with Gasteiger partial charge >= 0.3 is 5.97 Å². The molecule has 0 aromatic carbocycles. The number of carboxylic acid groups (broad SMARTS) is 1. The van der Waals surface area contributed by atoms with Crippen molar-refractivity contribution in [3.05, 3.63) is 16.4 Å². The Hall–Kier alpha value is -0.680. The Morgan fingerprint density at radius 2 is 2.25 bits per heavy atom. The first kappa shape index (κ1) is 13.4. The van der Waals surface area contributed by atoms with Crippen molar-refractivity contribution >= 4 is 29.3 Å². The molecule has 0 amide bonds. The summed E-state index contributed by atoms with van der Waals surface area (Å²) in [6.45, 7) is 4.75. The first-order valence-electron chi connectivity index (χ1n) is 5.13. The van der Waals surface area contributed by atoms with Gasteiger partial charge in [0.05, 0.1) is 22.2 Å². The first-order valence-corrected chi connectivity index (χ1v) is 6.67. The minimum atomic E-state index is -0.806. The molecule has 1 N–H and O–H groups in total. The van der Waals surface area contributed by atoms with Crippen molar-refractivity contribution in [3.8, 4) is 0 Å². The molecule has 0 aliphatic carbocycles. The number of hydrogen-bond acceptors (Lipinski definition) is 3. The maximum atomic E-state index is 10.4. The number of halogens is 1. The van der Waals surface area contributed by atoms with E-state index in [0.717, 1.165) is 24.4 Å². The maximum absolute atomic E-state index is 10.4. The summed E-state index contributed by atoms with van der Waals surface area (Å²) < 4.78 is 1.84. The number of carboxylic acids is 1. The molecule has 0 aliphatic rings.